The number of rotatable bonds is 5. The van der Waals surface area contributed by atoms with E-state index >= 15 is 0 Å². The van der Waals surface area contributed by atoms with Crippen LogP contribution in [-0.2, 0) is 0 Å². The highest BCUT2D eigenvalue weighted by atomic mass is 16.5. The minimum atomic E-state index is 0.0640. The Morgan fingerprint density at radius 2 is 1.81 bits per heavy atom. The first-order valence-corrected chi connectivity index (χ1v) is 6.83. The molecule has 0 aliphatic rings. The molecule has 21 heavy (non-hydrogen) atoms. The number of hydrogen-bond donors (Lipinski definition) is 2. The van der Waals surface area contributed by atoms with E-state index in [1.54, 1.807) is 26.4 Å². The molecule has 0 aliphatic heterocycles. The third-order valence-electron chi connectivity index (χ3n) is 3.49. The Bertz CT molecular complexity index is 625. The summed E-state index contributed by atoms with van der Waals surface area (Å²) in [7, 11) is 3.28. The molecule has 0 fully saturated rings. The molecule has 4 heteroatoms. The lowest BCUT2D eigenvalue weighted by atomic mass is 10.1. The lowest BCUT2D eigenvalue weighted by Gasteiger charge is -2.20. The quantitative estimate of drug-likeness (QED) is 0.819. The molecule has 112 valence electrons. The van der Waals surface area contributed by atoms with Crippen molar-refractivity contribution in [2.45, 2.75) is 19.9 Å². The molecule has 0 heterocycles. The third kappa shape index (κ3) is 3.40. The van der Waals surface area contributed by atoms with E-state index in [0.29, 0.717) is 0 Å². The topological polar surface area (TPSA) is 50.7 Å². The number of methoxy groups -OCH3 is 2. The van der Waals surface area contributed by atoms with Gasteiger partial charge in [0.25, 0.3) is 0 Å². The third-order valence-corrected chi connectivity index (χ3v) is 3.49. The lowest BCUT2D eigenvalue weighted by molar-refractivity contribution is 0.390. The zero-order valence-electron chi connectivity index (χ0n) is 12.8. The van der Waals surface area contributed by atoms with Gasteiger partial charge in [0.05, 0.1) is 20.3 Å². The van der Waals surface area contributed by atoms with Crippen molar-refractivity contribution >= 4 is 5.69 Å². The van der Waals surface area contributed by atoms with E-state index in [2.05, 4.69) is 12.2 Å². The molecule has 2 N–H and O–H groups in total. The number of aromatic hydroxyl groups is 1. The van der Waals surface area contributed by atoms with Gasteiger partial charge in [-0.05, 0) is 49.7 Å². The number of ether oxygens (including phenoxy) is 2. The SMILES string of the molecule is COc1ccc(C(C)Nc2ccc(O)cc2C)c(OC)c1. The van der Waals surface area contributed by atoms with E-state index in [9.17, 15) is 5.11 Å². The lowest BCUT2D eigenvalue weighted by Crippen LogP contribution is -2.09. The molecule has 2 rings (SSSR count). The molecule has 2 aromatic carbocycles. The van der Waals surface area contributed by atoms with Gasteiger partial charge in [0.15, 0.2) is 0 Å². The number of hydrogen-bond acceptors (Lipinski definition) is 4. The summed E-state index contributed by atoms with van der Waals surface area (Å²) in [6, 6.07) is 11.1. The highest BCUT2D eigenvalue weighted by Gasteiger charge is 2.13. The number of phenols is 1. The van der Waals surface area contributed by atoms with Crippen LogP contribution in [0.5, 0.6) is 17.2 Å². The summed E-state index contributed by atoms with van der Waals surface area (Å²) < 4.78 is 10.6. The van der Waals surface area contributed by atoms with Crippen LogP contribution in [0.1, 0.15) is 24.1 Å². The van der Waals surface area contributed by atoms with Crippen molar-refractivity contribution < 1.29 is 14.6 Å². The van der Waals surface area contributed by atoms with Crippen LogP contribution in [0.4, 0.5) is 5.69 Å². The highest BCUT2D eigenvalue weighted by Crippen LogP contribution is 2.32. The van der Waals surface area contributed by atoms with Crippen molar-refractivity contribution in [3.05, 3.63) is 47.5 Å². The van der Waals surface area contributed by atoms with E-state index in [1.807, 2.05) is 31.2 Å². The molecule has 4 nitrogen and oxygen atoms in total. The first-order valence-electron chi connectivity index (χ1n) is 6.83. The fourth-order valence-electron chi connectivity index (χ4n) is 2.30. The smallest absolute Gasteiger partial charge is 0.127 e. The van der Waals surface area contributed by atoms with Gasteiger partial charge in [-0.2, -0.15) is 0 Å². The number of phenolic OH excluding ortho intramolecular Hbond substituents is 1. The number of aryl methyl sites for hydroxylation is 1. The van der Waals surface area contributed by atoms with Crippen molar-refractivity contribution in [1.29, 1.82) is 0 Å². The first-order chi connectivity index (χ1) is 10.0. The van der Waals surface area contributed by atoms with Gasteiger partial charge in [-0.25, -0.2) is 0 Å². The molecule has 0 aliphatic carbocycles. The summed E-state index contributed by atoms with van der Waals surface area (Å²) >= 11 is 0. The van der Waals surface area contributed by atoms with E-state index in [-0.39, 0.29) is 11.8 Å². The molecular weight excluding hydrogens is 266 g/mol. The summed E-state index contributed by atoms with van der Waals surface area (Å²) in [6.07, 6.45) is 0. The standard InChI is InChI=1S/C17H21NO3/c1-11-9-13(19)5-8-16(11)18-12(2)15-7-6-14(20-3)10-17(15)21-4/h5-10,12,18-19H,1-4H3. The molecule has 0 radical (unpaired) electrons. The Kier molecular flexibility index (Phi) is 4.58. The Morgan fingerprint density at radius 1 is 1.05 bits per heavy atom. The van der Waals surface area contributed by atoms with Crippen molar-refractivity contribution in [2.24, 2.45) is 0 Å². The Morgan fingerprint density at radius 3 is 2.43 bits per heavy atom. The summed E-state index contributed by atoms with van der Waals surface area (Å²) in [5.74, 6) is 1.82. The molecule has 0 saturated heterocycles. The second-order valence-corrected chi connectivity index (χ2v) is 4.97. The van der Waals surface area contributed by atoms with Crippen LogP contribution in [0, 0.1) is 6.92 Å². The van der Waals surface area contributed by atoms with Gasteiger partial charge in [-0.1, -0.05) is 0 Å². The van der Waals surface area contributed by atoms with E-state index < -0.39 is 0 Å². The summed E-state index contributed by atoms with van der Waals surface area (Å²) in [6.45, 7) is 4.02. The molecule has 1 unspecified atom stereocenters. The van der Waals surface area contributed by atoms with Crippen molar-refractivity contribution in [3.63, 3.8) is 0 Å². The van der Waals surface area contributed by atoms with Crippen LogP contribution < -0.4 is 14.8 Å². The average Bonchev–Trinajstić information content (AvgIpc) is 2.49. The van der Waals surface area contributed by atoms with Crippen molar-refractivity contribution in [3.8, 4) is 17.2 Å². The Hall–Kier alpha value is -2.36. The van der Waals surface area contributed by atoms with Gasteiger partial charge in [0.2, 0.25) is 0 Å². The van der Waals surface area contributed by atoms with Crippen LogP contribution in [0.15, 0.2) is 36.4 Å². The monoisotopic (exact) mass is 287 g/mol. The van der Waals surface area contributed by atoms with Crippen LogP contribution in [0.2, 0.25) is 0 Å². The van der Waals surface area contributed by atoms with Gasteiger partial charge in [-0.15, -0.1) is 0 Å². The molecule has 0 aromatic heterocycles. The number of benzene rings is 2. The van der Waals surface area contributed by atoms with Crippen LogP contribution in [-0.4, -0.2) is 19.3 Å². The maximum absolute atomic E-state index is 9.47. The summed E-state index contributed by atoms with van der Waals surface area (Å²) in [5.41, 5.74) is 3.03. The molecule has 2 aromatic rings. The number of nitrogens with one attached hydrogen (secondary N) is 1. The number of anilines is 1. The van der Waals surface area contributed by atoms with Crippen molar-refractivity contribution in [1.82, 2.24) is 0 Å². The highest BCUT2D eigenvalue weighted by molar-refractivity contribution is 5.55. The van der Waals surface area contributed by atoms with Crippen molar-refractivity contribution in [2.75, 3.05) is 19.5 Å². The molecule has 0 spiro atoms. The van der Waals surface area contributed by atoms with E-state index in [4.69, 9.17) is 9.47 Å². The maximum atomic E-state index is 9.47. The average molecular weight is 287 g/mol. The molecule has 0 bridgehead atoms. The molecule has 1 atom stereocenters. The second-order valence-electron chi connectivity index (χ2n) is 4.97. The van der Waals surface area contributed by atoms with Crippen LogP contribution in [0.3, 0.4) is 0 Å². The predicted molar refractivity (Wildman–Crippen MR) is 84.4 cm³/mol. The zero-order valence-corrected chi connectivity index (χ0v) is 12.8. The second kappa shape index (κ2) is 6.39. The molecule has 0 saturated carbocycles. The van der Waals surface area contributed by atoms with Gasteiger partial charge < -0.3 is 19.9 Å². The van der Waals surface area contributed by atoms with Crippen LogP contribution >= 0.6 is 0 Å². The van der Waals surface area contributed by atoms with E-state index in [1.165, 1.54) is 0 Å². The molecule has 0 amide bonds. The Labute approximate surface area is 125 Å². The van der Waals surface area contributed by atoms with Gasteiger partial charge in [-0.3, -0.25) is 0 Å². The van der Waals surface area contributed by atoms with Gasteiger partial charge in [0.1, 0.15) is 17.2 Å². The van der Waals surface area contributed by atoms with Gasteiger partial charge >= 0.3 is 0 Å². The predicted octanol–water partition coefficient (Wildman–Crippen LogP) is 3.89. The summed E-state index contributed by atoms with van der Waals surface area (Å²) in [4.78, 5) is 0. The largest absolute Gasteiger partial charge is 0.508 e. The minimum Gasteiger partial charge on any atom is -0.508 e. The summed E-state index contributed by atoms with van der Waals surface area (Å²) in [5, 5.41) is 12.9. The van der Waals surface area contributed by atoms with Gasteiger partial charge in [0, 0.05) is 17.3 Å². The maximum Gasteiger partial charge on any atom is 0.127 e. The minimum absolute atomic E-state index is 0.0640. The fraction of sp³-hybridized carbons (Fsp3) is 0.294. The Balaban J connectivity index is 2.25. The first kappa shape index (κ1) is 15.0. The van der Waals surface area contributed by atoms with Crippen LogP contribution in [0.25, 0.3) is 0 Å². The zero-order chi connectivity index (χ0) is 15.4. The normalized spacial score (nSPS) is 11.8. The fourth-order valence-corrected chi connectivity index (χ4v) is 2.30. The van der Waals surface area contributed by atoms with E-state index in [0.717, 1.165) is 28.3 Å². The molecular formula is C17H21NO3.